The standard InChI is InChI=1S/C18H16N2O3/c19-12-15-8-6-14(7-9-15)10-16(18(22)23)20-17(21)11-13-4-2-1-3-5-13/h1-9,16H,10-11H2,(H,20,21)(H,22,23)/t16-/m0/s1. The molecule has 5 nitrogen and oxygen atoms in total. The number of rotatable bonds is 6. The number of nitrogens with zero attached hydrogens (tertiary/aromatic N) is 1. The van der Waals surface area contributed by atoms with Crippen LogP contribution in [0.15, 0.2) is 54.6 Å². The van der Waals surface area contributed by atoms with Crippen LogP contribution in [0.2, 0.25) is 0 Å². The second-order valence-electron chi connectivity index (χ2n) is 5.13. The summed E-state index contributed by atoms with van der Waals surface area (Å²) in [7, 11) is 0. The fourth-order valence-electron chi connectivity index (χ4n) is 2.18. The summed E-state index contributed by atoms with van der Waals surface area (Å²) in [6, 6.07) is 16.8. The van der Waals surface area contributed by atoms with Gasteiger partial charge in [-0.05, 0) is 23.3 Å². The first kappa shape index (κ1) is 16.2. The zero-order chi connectivity index (χ0) is 16.7. The fourth-order valence-corrected chi connectivity index (χ4v) is 2.18. The van der Waals surface area contributed by atoms with Gasteiger partial charge in [-0.3, -0.25) is 4.79 Å². The summed E-state index contributed by atoms with van der Waals surface area (Å²) in [5.74, 6) is -1.42. The molecule has 2 rings (SSSR count). The van der Waals surface area contributed by atoms with Crippen LogP contribution in [0.4, 0.5) is 0 Å². The normalized spacial score (nSPS) is 11.3. The van der Waals surface area contributed by atoms with Gasteiger partial charge in [-0.1, -0.05) is 42.5 Å². The summed E-state index contributed by atoms with van der Waals surface area (Å²) in [4.78, 5) is 23.3. The average Bonchev–Trinajstić information content (AvgIpc) is 2.55. The number of hydrogen-bond acceptors (Lipinski definition) is 3. The van der Waals surface area contributed by atoms with Gasteiger partial charge in [0.2, 0.25) is 5.91 Å². The van der Waals surface area contributed by atoms with Gasteiger partial charge in [-0.2, -0.15) is 5.26 Å². The van der Waals surface area contributed by atoms with Crippen molar-refractivity contribution in [3.63, 3.8) is 0 Å². The van der Waals surface area contributed by atoms with E-state index in [0.717, 1.165) is 11.1 Å². The van der Waals surface area contributed by atoms with Crippen LogP contribution < -0.4 is 5.32 Å². The van der Waals surface area contributed by atoms with Crippen molar-refractivity contribution in [2.45, 2.75) is 18.9 Å². The number of aliphatic carboxylic acids is 1. The van der Waals surface area contributed by atoms with Crippen molar-refractivity contribution >= 4 is 11.9 Å². The van der Waals surface area contributed by atoms with Crippen molar-refractivity contribution in [1.82, 2.24) is 5.32 Å². The molecule has 2 aromatic carbocycles. The molecule has 5 heteroatoms. The summed E-state index contributed by atoms with van der Waals surface area (Å²) in [6.07, 6.45) is 0.305. The summed E-state index contributed by atoms with van der Waals surface area (Å²) < 4.78 is 0. The number of carboxylic acid groups (broad SMARTS) is 1. The maximum atomic E-state index is 12.0. The Morgan fingerprint density at radius 3 is 2.26 bits per heavy atom. The molecular formula is C18H16N2O3. The molecule has 0 unspecified atom stereocenters. The highest BCUT2D eigenvalue weighted by Crippen LogP contribution is 2.07. The van der Waals surface area contributed by atoms with E-state index in [1.165, 1.54) is 0 Å². The Labute approximate surface area is 134 Å². The summed E-state index contributed by atoms with van der Waals surface area (Å²) >= 11 is 0. The van der Waals surface area contributed by atoms with Crippen LogP contribution in [0, 0.1) is 11.3 Å². The van der Waals surface area contributed by atoms with E-state index in [-0.39, 0.29) is 18.7 Å². The molecule has 0 saturated heterocycles. The maximum Gasteiger partial charge on any atom is 0.326 e. The van der Waals surface area contributed by atoms with Crippen LogP contribution in [0.25, 0.3) is 0 Å². The van der Waals surface area contributed by atoms with Crippen molar-refractivity contribution in [1.29, 1.82) is 5.26 Å². The second kappa shape index (κ2) is 7.76. The SMILES string of the molecule is N#Cc1ccc(C[C@H](NC(=O)Cc2ccccc2)C(=O)O)cc1. The van der Waals surface area contributed by atoms with E-state index in [4.69, 9.17) is 5.26 Å². The summed E-state index contributed by atoms with van der Waals surface area (Å²) in [5.41, 5.74) is 2.08. The molecule has 0 radical (unpaired) electrons. The van der Waals surface area contributed by atoms with Gasteiger partial charge in [0.05, 0.1) is 18.1 Å². The lowest BCUT2D eigenvalue weighted by Crippen LogP contribution is -2.43. The maximum absolute atomic E-state index is 12.0. The summed E-state index contributed by atoms with van der Waals surface area (Å²) in [6.45, 7) is 0. The largest absolute Gasteiger partial charge is 0.480 e. The van der Waals surface area contributed by atoms with Crippen LogP contribution >= 0.6 is 0 Å². The molecule has 116 valence electrons. The minimum absolute atomic E-state index is 0.137. The molecule has 2 aromatic rings. The van der Waals surface area contributed by atoms with E-state index in [1.54, 1.807) is 24.3 Å². The molecule has 23 heavy (non-hydrogen) atoms. The molecular weight excluding hydrogens is 292 g/mol. The highest BCUT2D eigenvalue weighted by molar-refractivity contribution is 5.85. The Bertz CT molecular complexity index is 718. The van der Waals surface area contributed by atoms with E-state index < -0.39 is 12.0 Å². The monoisotopic (exact) mass is 308 g/mol. The van der Waals surface area contributed by atoms with Gasteiger partial charge in [0.15, 0.2) is 0 Å². The number of amides is 1. The number of carboxylic acids is 1. The molecule has 2 N–H and O–H groups in total. The average molecular weight is 308 g/mol. The highest BCUT2D eigenvalue weighted by Gasteiger charge is 2.20. The minimum atomic E-state index is -1.09. The van der Waals surface area contributed by atoms with E-state index in [2.05, 4.69) is 5.32 Å². The number of nitrogens with one attached hydrogen (secondary N) is 1. The lowest BCUT2D eigenvalue weighted by molar-refractivity contribution is -0.141. The fraction of sp³-hybridized carbons (Fsp3) is 0.167. The highest BCUT2D eigenvalue weighted by atomic mass is 16.4. The number of benzene rings is 2. The molecule has 1 atom stereocenters. The second-order valence-corrected chi connectivity index (χ2v) is 5.13. The minimum Gasteiger partial charge on any atom is -0.480 e. The predicted molar refractivity (Wildman–Crippen MR) is 84.6 cm³/mol. The van der Waals surface area contributed by atoms with Gasteiger partial charge >= 0.3 is 5.97 Å². The van der Waals surface area contributed by atoms with Crippen molar-refractivity contribution in [2.75, 3.05) is 0 Å². The van der Waals surface area contributed by atoms with Gasteiger partial charge in [0, 0.05) is 6.42 Å². The quantitative estimate of drug-likeness (QED) is 0.853. The van der Waals surface area contributed by atoms with Gasteiger partial charge in [-0.15, -0.1) is 0 Å². The van der Waals surface area contributed by atoms with Crippen molar-refractivity contribution < 1.29 is 14.7 Å². The Kier molecular flexibility index (Phi) is 5.48. The number of nitriles is 1. The Morgan fingerprint density at radius 2 is 1.70 bits per heavy atom. The van der Waals surface area contributed by atoms with Gasteiger partial charge in [0.1, 0.15) is 6.04 Å². The van der Waals surface area contributed by atoms with Gasteiger partial charge in [-0.25, -0.2) is 4.79 Å². The van der Waals surface area contributed by atoms with Crippen LogP contribution in [0.1, 0.15) is 16.7 Å². The molecule has 0 aliphatic carbocycles. The third kappa shape index (κ3) is 4.97. The Hall–Kier alpha value is -3.13. The number of carbonyl (C=O) groups is 2. The smallest absolute Gasteiger partial charge is 0.326 e. The van der Waals surface area contributed by atoms with Crippen LogP contribution in [-0.2, 0) is 22.4 Å². The zero-order valence-electron chi connectivity index (χ0n) is 12.4. The third-order valence-electron chi connectivity index (χ3n) is 3.36. The predicted octanol–water partition coefficient (Wildman–Crippen LogP) is 1.91. The van der Waals surface area contributed by atoms with Crippen LogP contribution in [-0.4, -0.2) is 23.0 Å². The molecule has 0 spiro atoms. The molecule has 0 saturated carbocycles. The third-order valence-corrected chi connectivity index (χ3v) is 3.36. The van der Waals surface area contributed by atoms with E-state index >= 15 is 0 Å². The molecule has 0 bridgehead atoms. The number of carbonyl (C=O) groups excluding carboxylic acids is 1. The lowest BCUT2D eigenvalue weighted by atomic mass is 10.0. The van der Waals surface area contributed by atoms with Crippen molar-refractivity contribution in [3.05, 3.63) is 71.3 Å². The van der Waals surface area contributed by atoms with E-state index in [1.807, 2.05) is 36.4 Å². The van der Waals surface area contributed by atoms with Crippen LogP contribution in [0.3, 0.4) is 0 Å². The van der Waals surface area contributed by atoms with Crippen molar-refractivity contribution in [2.24, 2.45) is 0 Å². The topological polar surface area (TPSA) is 90.2 Å². The molecule has 0 fully saturated rings. The first-order chi connectivity index (χ1) is 11.1. The molecule has 0 heterocycles. The Balaban J connectivity index is 1.99. The first-order valence-electron chi connectivity index (χ1n) is 7.13. The Morgan fingerprint density at radius 1 is 1.04 bits per heavy atom. The lowest BCUT2D eigenvalue weighted by Gasteiger charge is -2.14. The first-order valence-corrected chi connectivity index (χ1v) is 7.13. The van der Waals surface area contributed by atoms with E-state index in [0.29, 0.717) is 5.56 Å². The van der Waals surface area contributed by atoms with Gasteiger partial charge in [0.25, 0.3) is 0 Å². The van der Waals surface area contributed by atoms with E-state index in [9.17, 15) is 14.7 Å². The molecule has 1 amide bonds. The zero-order valence-corrected chi connectivity index (χ0v) is 12.4. The van der Waals surface area contributed by atoms with Crippen molar-refractivity contribution in [3.8, 4) is 6.07 Å². The number of hydrogen-bond donors (Lipinski definition) is 2. The molecule has 0 aromatic heterocycles. The van der Waals surface area contributed by atoms with Crippen LogP contribution in [0.5, 0.6) is 0 Å². The summed E-state index contributed by atoms with van der Waals surface area (Å²) in [5, 5.41) is 20.6. The van der Waals surface area contributed by atoms with Gasteiger partial charge < -0.3 is 10.4 Å². The molecule has 0 aliphatic rings. The molecule has 0 aliphatic heterocycles.